The highest BCUT2D eigenvalue weighted by Crippen LogP contribution is 2.34. The zero-order chi connectivity index (χ0) is 21.0. The Hall–Kier alpha value is -3.90. The van der Waals surface area contributed by atoms with Gasteiger partial charge in [-0.3, -0.25) is 10.1 Å². The van der Waals surface area contributed by atoms with Crippen molar-refractivity contribution in [3.63, 3.8) is 0 Å². The average molecular weight is 408 g/mol. The summed E-state index contributed by atoms with van der Waals surface area (Å²) in [6.07, 6.45) is 1.46. The number of hydrogen-bond acceptors (Lipinski definition) is 8. The lowest BCUT2D eigenvalue weighted by molar-refractivity contribution is -0.398. The lowest BCUT2D eigenvalue weighted by Crippen LogP contribution is -1.97. The van der Waals surface area contributed by atoms with Crippen LogP contribution in [0.5, 0.6) is 17.2 Å². The normalized spacial score (nSPS) is 11.0. The largest absolute Gasteiger partial charge is 0.868 e. The average Bonchev–Trinajstić information content (AvgIpc) is 3.22. The molecule has 9 heteroatoms. The molecule has 0 atom stereocenters. The molecule has 29 heavy (non-hydrogen) atoms. The molecule has 8 nitrogen and oxygen atoms in total. The van der Waals surface area contributed by atoms with Crippen LogP contribution in [-0.2, 0) is 0 Å². The maximum atomic E-state index is 11.5. The highest BCUT2D eigenvalue weighted by atomic mass is 32.1. The fourth-order valence-corrected chi connectivity index (χ4v) is 3.40. The van der Waals surface area contributed by atoms with Crippen LogP contribution >= 0.6 is 11.3 Å². The molecule has 146 valence electrons. The lowest BCUT2D eigenvalue weighted by Gasteiger charge is -2.08. The lowest BCUT2D eigenvalue weighted by atomic mass is 10.1. The van der Waals surface area contributed by atoms with Crippen LogP contribution in [0.3, 0.4) is 0 Å². The van der Waals surface area contributed by atoms with Crippen LogP contribution in [0.25, 0.3) is 22.9 Å². The summed E-state index contributed by atoms with van der Waals surface area (Å²) in [5, 5.41) is 34.3. The molecule has 0 aliphatic heterocycles. The predicted molar refractivity (Wildman–Crippen MR) is 107 cm³/mol. The number of hydrogen-bond donors (Lipinski definition) is 0. The first-order chi connectivity index (χ1) is 14.0. The molecular formula is C20H14N3O5S-. The van der Waals surface area contributed by atoms with Gasteiger partial charge in [0.25, 0.3) is 5.69 Å². The molecule has 0 bridgehead atoms. The molecule has 3 rings (SSSR count). The van der Waals surface area contributed by atoms with Gasteiger partial charge < -0.3 is 14.6 Å². The molecule has 0 spiro atoms. The van der Waals surface area contributed by atoms with E-state index < -0.39 is 16.4 Å². The summed E-state index contributed by atoms with van der Waals surface area (Å²) in [7, 11) is 3.09. The SMILES string of the molecule is COc1ccc(-c2csc(/C(C#N)=C\c3ccc([O-])c([N+](=O)[O-])c3)n2)cc1OC. The van der Waals surface area contributed by atoms with E-state index in [2.05, 4.69) is 11.1 Å². The van der Waals surface area contributed by atoms with E-state index in [1.54, 1.807) is 24.6 Å². The summed E-state index contributed by atoms with van der Waals surface area (Å²) in [6, 6.07) is 11.1. The van der Waals surface area contributed by atoms with Crippen LogP contribution in [0.1, 0.15) is 10.6 Å². The Kier molecular flexibility index (Phi) is 5.76. The van der Waals surface area contributed by atoms with Crippen molar-refractivity contribution < 1.29 is 19.5 Å². The Morgan fingerprint density at radius 2 is 1.97 bits per heavy atom. The Labute approximate surface area is 170 Å². The van der Waals surface area contributed by atoms with Crippen LogP contribution in [0, 0.1) is 21.4 Å². The zero-order valence-electron chi connectivity index (χ0n) is 15.4. The van der Waals surface area contributed by atoms with Gasteiger partial charge in [0, 0.05) is 17.0 Å². The molecule has 2 aromatic carbocycles. The van der Waals surface area contributed by atoms with Crippen molar-refractivity contribution in [1.29, 1.82) is 5.26 Å². The van der Waals surface area contributed by atoms with Crippen molar-refractivity contribution in [1.82, 2.24) is 4.98 Å². The minimum Gasteiger partial charge on any atom is -0.868 e. The van der Waals surface area contributed by atoms with E-state index >= 15 is 0 Å². The number of benzene rings is 2. The second-order valence-corrected chi connectivity index (χ2v) is 6.62. The molecule has 0 saturated heterocycles. The molecule has 1 heterocycles. The van der Waals surface area contributed by atoms with Crippen LogP contribution in [0.15, 0.2) is 41.8 Å². The molecule has 0 amide bonds. The summed E-state index contributed by atoms with van der Waals surface area (Å²) >= 11 is 1.26. The van der Waals surface area contributed by atoms with Crippen LogP contribution < -0.4 is 14.6 Å². The maximum absolute atomic E-state index is 11.5. The van der Waals surface area contributed by atoms with E-state index in [1.807, 2.05) is 6.07 Å². The highest BCUT2D eigenvalue weighted by molar-refractivity contribution is 7.11. The fraction of sp³-hybridized carbons (Fsp3) is 0.100. The summed E-state index contributed by atoms with van der Waals surface area (Å²) in [4.78, 5) is 14.7. The molecule has 0 aliphatic rings. The van der Waals surface area contributed by atoms with Crippen molar-refractivity contribution in [3.8, 4) is 34.6 Å². The third kappa shape index (κ3) is 4.17. The third-order valence-corrected chi connectivity index (χ3v) is 4.90. The number of rotatable bonds is 6. The topological polar surface area (TPSA) is 121 Å². The second-order valence-electron chi connectivity index (χ2n) is 5.76. The van der Waals surface area contributed by atoms with E-state index in [1.165, 1.54) is 30.6 Å². The maximum Gasteiger partial charge on any atom is 0.262 e. The minimum atomic E-state index is -0.746. The van der Waals surface area contributed by atoms with E-state index in [0.29, 0.717) is 27.8 Å². The monoisotopic (exact) mass is 408 g/mol. The van der Waals surface area contributed by atoms with E-state index in [-0.39, 0.29) is 5.57 Å². The molecule has 0 aliphatic carbocycles. The summed E-state index contributed by atoms with van der Waals surface area (Å²) in [6.45, 7) is 0. The minimum absolute atomic E-state index is 0.231. The molecule has 0 unspecified atom stereocenters. The molecular weight excluding hydrogens is 394 g/mol. The first-order valence-corrected chi connectivity index (χ1v) is 9.10. The number of nitro benzene ring substituents is 1. The van der Waals surface area contributed by atoms with Gasteiger partial charge in [0.05, 0.1) is 30.4 Å². The predicted octanol–water partition coefficient (Wildman–Crippen LogP) is 3.87. The number of nitriles is 1. The van der Waals surface area contributed by atoms with Gasteiger partial charge in [0.1, 0.15) is 11.1 Å². The number of thiazole rings is 1. The fourth-order valence-electron chi connectivity index (χ4n) is 2.60. The smallest absolute Gasteiger partial charge is 0.262 e. The van der Waals surface area contributed by atoms with E-state index in [4.69, 9.17) is 9.47 Å². The van der Waals surface area contributed by atoms with Gasteiger partial charge >= 0.3 is 0 Å². The quantitative estimate of drug-likeness (QED) is 0.345. The highest BCUT2D eigenvalue weighted by Gasteiger charge is 2.13. The van der Waals surface area contributed by atoms with Crippen molar-refractivity contribution in [3.05, 3.63) is 62.5 Å². The Morgan fingerprint density at radius 1 is 1.21 bits per heavy atom. The van der Waals surface area contributed by atoms with Gasteiger partial charge in [-0.15, -0.1) is 11.3 Å². The molecule has 0 N–H and O–H groups in total. The molecule has 0 saturated carbocycles. The number of methoxy groups -OCH3 is 2. The first-order valence-electron chi connectivity index (χ1n) is 8.22. The Balaban J connectivity index is 1.96. The Bertz CT molecular complexity index is 1150. The van der Waals surface area contributed by atoms with Gasteiger partial charge in [-0.05, 0) is 35.6 Å². The van der Waals surface area contributed by atoms with Crippen molar-refractivity contribution >= 4 is 28.7 Å². The van der Waals surface area contributed by atoms with Gasteiger partial charge in [0.15, 0.2) is 11.5 Å². The van der Waals surface area contributed by atoms with Gasteiger partial charge in [0.2, 0.25) is 0 Å². The van der Waals surface area contributed by atoms with Crippen molar-refractivity contribution in [2.45, 2.75) is 0 Å². The van der Waals surface area contributed by atoms with Crippen molar-refractivity contribution in [2.24, 2.45) is 0 Å². The van der Waals surface area contributed by atoms with E-state index in [0.717, 1.165) is 17.7 Å². The number of allylic oxidation sites excluding steroid dienone is 1. The first kappa shape index (κ1) is 19.9. The standard InChI is InChI=1S/C20H15N3O5S/c1-27-18-6-4-13(9-19(18)28-2)15-11-29-20(22-15)14(10-21)7-12-3-5-17(24)16(8-12)23(25)26/h3-9,11,24H,1-2H3/p-1/b14-7-. The van der Waals surface area contributed by atoms with Crippen LogP contribution in [0.2, 0.25) is 0 Å². The van der Waals surface area contributed by atoms with E-state index in [9.17, 15) is 20.5 Å². The van der Waals surface area contributed by atoms with Gasteiger partial charge in [-0.1, -0.05) is 12.1 Å². The summed E-state index contributed by atoms with van der Waals surface area (Å²) in [5.74, 6) is 0.462. The number of nitrogens with zero attached hydrogens (tertiary/aromatic N) is 3. The number of ether oxygens (including phenoxy) is 2. The van der Waals surface area contributed by atoms with Crippen LogP contribution in [-0.4, -0.2) is 24.1 Å². The zero-order valence-corrected chi connectivity index (χ0v) is 16.2. The number of aromatic nitrogens is 1. The third-order valence-electron chi connectivity index (χ3n) is 4.03. The van der Waals surface area contributed by atoms with Crippen LogP contribution in [0.4, 0.5) is 5.69 Å². The second kappa shape index (κ2) is 8.41. The van der Waals surface area contributed by atoms with Gasteiger partial charge in [-0.2, -0.15) is 5.26 Å². The molecule has 1 aromatic heterocycles. The van der Waals surface area contributed by atoms with Gasteiger partial charge in [-0.25, -0.2) is 4.98 Å². The molecule has 3 aromatic rings. The molecule has 0 radical (unpaired) electrons. The molecule has 0 fully saturated rings. The number of nitro groups is 1. The van der Waals surface area contributed by atoms with Crippen molar-refractivity contribution in [2.75, 3.05) is 14.2 Å². The summed E-state index contributed by atoms with van der Waals surface area (Å²) < 4.78 is 10.5. The Morgan fingerprint density at radius 3 is 2.62 bits per heavy atom. The summed E-state index contributed by atoms with van der Waals surface area (Å²) in [5.41, 5.74) is 1.49.